The summed E-state index contributed by atoms with van der Waals surface area (Å²) in [5, 5.41) is 1.21. The Balaban J connectivity index is 0.00000245. The SMILES string of the molecule is COc1cc2c(Oc3ccc4[nH]c(C)cc4c3F)ccnc2cc1OCC1CC(N)C1.Cl. The van der Waals surface area contributed by atoms with Crippen LogP contribution in [0.4, 0.5) is 4.39 Å². The Morgan fingerprint density at radius 3 is 2.62 bits per heavy atom. The monoisotopic (exact) mass is 457 g/mol. The lowest BCUT2D eigenvalue weighted by Gasteiger charge is -2.32. The van der Waals surface area contributed by atoms with Crippen LogP contribution >= 0.6 is 12.4 Å². The molecule has 0 amide bonds. The Kier molecular flexibility index (Phi) is 6.13. The predicted octanol–water partition coefficient (Wildman–Crippen LogP) is 5.50. The van der Waals surface area contributed by atoms with Crippen molar-refractivity contribution < 1.29 is 18.6 Å². The summed E-state index contributed by atoms with van der Waals surface area (Å²) in [4.78, 5) is 7.56. The van der Waals surface area contributed by atoms with Crippen molar-refractivity contribution >= 4 is 34.2 Å². The van der Waals surface area contributed by atoms with Gasteiger partial charge in [-0.1, -0.05) is 0 Å². The van der Waals surface area contributed by atoms with Gasteiger partial charge in [-0.3, -0.25) is 4.98 Å². The molecule has 0 spiro atoms. The molecule has 0 unspecified atom stereocenters. The molecule has 0 aliphatic heterocycles. The van der Waals surface area contributed by atoms with Crippen LogP contribution in [0, 0.1) is 18.7 Å². The van der Waals surface area contributed by atoms with E-state index in [1.54, 1.807) is 31.5 Å². The summed E-state index contributed by atoms with van der Waals surface area (Å²) >= 11 is 0. The van der Waals surface area contributed by atoms with Crippen molar-refractivity contribution in [1.82, 2.24) is 9.97 Å². The van der Waals surface area contributed by atoms with Crippen molar-refractivity contribution in [3.05, 3.63) is 54.1 Å². The van der Waals surface area contributed by atoms with Gasteiger partial charge in [0.25, 0.3) is 0 Å². The van der Waals surface area contributed by atoms with Crippen LogP contribution in [-0.2, 0) is 0 Å². The summed E-state index contributed by atoms with van der Waals surface area (Å²) in [6, 6.07) is 10.8. The lowest BCUT2D eigenvalue weighted by atomic mass is 9.82. The van der Waals surface area contributed by atoms with E-state index in [0.29, 0.717) is 46.1 Å². The first-order valence-electron chi connectivity index (χ1n) is 10.3. The highest BCUT2D eigenvalue weighted by atomic mass is 35.5. The third kappa shape index (κ3) is 4.06. The lowest BCUT2D eigenvalue weighted by molar-refractivity contribution is 0.156. The number of pyridine rings is 1. The number of nitrogens with zero attached hydrogens (tertiary/aromatic N) is 1. The molecule has 0 radical (unpaired) electrons. The van der Waals surface area contributed by atoms with Gasteiger partial charge in [0.1, 0.15) is 5.75 Å². The Hall–Kier alpha value is -3.03. The molecule has 6 nitrogen and oxygen atoms in total. The van der Waals surface area contributed by atoms with Crippen LogP contribution in [0.2, 0.25) is 0 Å². The van der Waals surface area contributed by atoms with E-state index in [9.17, 15) is 0 Å². The van der Waals surface area contributed by atoms with Gasteiger partial charge in [-0.2, -0.15) is 0 Å². The molecule has 4 aromatic rings. The average molecular weight is 458 g/mol. The molecule has 1 aliphatic carbocycles. The summed E-state index contributed by atoms with van der Waals surface area (Å²) < 4.78 is 32.5. The van der Waals surface area contributed by atoms with Gasteiger partial charge >= 0.3 is 0 Å². The van der Waals surface area contributed by atoms with E-state index in [-0.39, 0.29) is 24.2 Å². The van der Waals surface area contributed by atoms with E-state index in [2.05, 4.69) is 9.97 Å². The molecule has 5 rings (SSSR count). The van der Waals surface area contributed by atoms with E-state index in [4.69, 9.17) is 19.9 Å². The fourth-order valence-corrected chi connectivity index (χ4v) is 4.11. The third-order valence-electron chi connectivity index (χ3n) is 5.79. The smallest absolute Gasteiger partial charge is 0.175 e. The number of ether oxygens (including phenoxy) is 3. The maximum Gasteiger partial charge on any atom is 0.175 e. The first-order chi connectivity index (χ1) is 15.0. The molecule has 2 aromatic heterocycles. The number of nitrogens with one attached hydrogen (secondary N) is 1. The molecular weight excluding hydrogens is 433 g/mol. The van der Waals surface area contributed by atoms with Crippen molar-refractivity contribution in [3.63, 3.8) is 0 Å². The lowest BCUT2D eigenvalue weighted by Crippen LogP contribution is -2.39. The van der Waals surface area contributed by atoms with E-state index < -0.39 is 5.82 Å². The van der Waals surface area contributed by atoms with Gasteiger partial charge in [-0.25, -0.2) is 4.39 Å². The zero-order chi connectivity index (χ0) is 21.5. The number of aromatic nitrogens is 2. The fraction of sp³-hybridized carbons (Fsp3) is 0.292. The van der Waals surface area contributed by atoms with Gasteiger partial charge < -0.3 is 24.9 Å². The van der Waals surface area contributed by atoms with Gasteiger partial charge in [0.15, 0.2) is 23.1 Å². The standard InChI is InChI=1S/C24H24FN3O3.ClH/c1-13-7-17-18(28-13)3-4-21(24(17)25)31-20-5-6-27-19-11-23(22(29-2)10-16(19)20)30-12-14-8-15(26)9-14;/h3-7,10-11,14-15,28H,8-9,12,26H2,1-2H3;1H. The predicted molar refractivity (Wildman–Crippen MR) is 125 cm³/mol. The number of halogens is 2. The van der Waals surface area contributed by atoms with Crippen molar-refractivity contribution in [2.45, 2.75) is 25.8 Å². The molecule has 2 aromatic carbocycles. The molecule has 0 bridgehead atoms. The molecular formula is C24H25ClFN3O3. The van der Waals surface area contributed by atoms with Crippen molar-refractivity contribution in [1.29, 1.82) is 0 Å². The molecule has 0 saturated heterocycles. The first-order valence-corrected chi connectivity index (χ1v) is 10.3. The Morgan fingerprint density at radius 2 is 1.88 bits per heavy atom. The van der Waals surface area contributed by atoms with Gasteiger partial charge in [0.05, 0.1) is 19.2 Å². The number of hydrogen-bond acceptors (Lipinski definition) is 5. The quantitative estimate of drug-likeness (QED) is 0.399. The number of nitrogens with two attached hydrogens (primary N) is 1. The first kappa shape index (κ1) is 22.2. The third-order valence-corrected chi connectivity index (χ3v) is 5.79. The largest absolute Gasteiger partial charge is 0.493 e. The van der Waals surface area contributed by atoms with Gasteiger partial charge in [0.2, 0.25) is 0 Å². The van der Waals surface area contributed by atoms with E-state index in [1.807, 2.05) is 25.1 Å². The summed E-state index contributed by atoms with van der Waals surface area (Å²) in [6.07, 6.45) is 3.58. The molecule has 1 saturated carbocycles. The van der Waals surface area contributed by atoms with Gasteiger partial charge in [-0.15, -0.1) is 12.4 Å². The Labute approximate surface area is 191 Å². The van der Waals surface area contributed by atoms with Crippen molar-refractivity contribution in [2.24, 2.45) is 11.7 Å². The number of aromatic amines is 1. The van der Waals surface area contributed by atoms with Crippen LogP contribution < -0.4 is 19.9 Å². The van der Waals surface area contributed by atoms with Crippen molar-refractivity contribution in [3.8, 4) is 23.0 Å². The fourth-order valence-electron chi connectivity index (χ4n) is 4.11. The summed E-state index contributed by atoms with van der Waals surface area (Å²) in [6.45, 7) is 2.48. The minimum absolute atomic E-state index is 0. The van der Waals surface area contributed by atoms with Crippen LogP contribution in [0.5, 0.6) is 23.0 Å². The molecule has 8 heteroatoms. The van der Waals surface area contributed by atoms with Crippen LogP contribution in [0.1, 0.15) is 18.5 Å². The maximum absolute atomic E-state index is 15.0. The van der Waals surface area contributed by atoms with Gasteiger partial charge in [-0.05, 0) is 56.0 Å². The molecule has 32 heavy (non-hydrogen) atoms. The molecule has 168 valence electrons. The second-order valence-corrected chi connectivity index (χ2v) is 8.13. The minimum Gasteiger partial charge on any atom is -0.493 e. The number of aryl methyl sites for hydroxylation is 1. The average Bonchev–Trinajstić information content (AvgIpc) is 3.13. The molecule has 2 heterocycles. The summed E-state index contributed by atoms with van der Waals surface area (Å²) in [7, 11) is 1.59. The van der Waals surface area contributed by atoms with Crippen LogP contribution in [0.15, 0.2) is 42.6 Å². The van der Waals surface area contributed by atoms with Crippen LogP contribution in [0.25, 0.3) is 21.8 Å². The number of benzene rings is 2. The number of hydrogen-bond donors (Lipinski definition) is 2. The number of rotatable bonds is 6. The Morgan fingerprint density at radius 1 is 1.06 bits per heavy atom. The van der Waals surface area contributed by atoms with Crippen LogP contribution in [-0.4, -0.2) is 29.7 Å². The van der Waals surface area contributed by atoms with E-state index in [1.165, 1.54) is 0 Å². The number of H-pyrrole nitrogens is 1. The molecule has 1 fully saturated rings. The van der Waals surface area contributed by atoms with Crippen molar-refractivity contribution in [2.75, 3.05) is 13.7 Å². The zero-order valence-electron chi connectivity index (χ0n) is 17.9. The normalized spacial score (nSPS) is 17.6. The number of fused-ring (bicyclic) bond motifs is 2. The second kappa shape index (κ2) is 8.84. The molecule has 3 N–H and O–H groups in total. The van der Waals surface area contributed by atoms with E-state index >= 15 is 4.39 Å². The Bertz CT molecular complexity index is 1270. The van der Waals surface area contributed by atoms with Gasteiger partial charge in [0, 0.05) is 40.3 Å². The maximum atomic E-state index is 15.0. The molecule has 0 atom stereocenters. The van der Waals surface area contributed by atoms with Crippen LogP contribution in [0.3, 0.4) is 0 Å². The highest BCUT2D eigenvalue weighted by Gasteiger charge is 2.26. The topological polar surface area (TPSA) is 82.4 Å². The summed E-state index contributed by atoms with van der Waals surface area (Å²) in [5.74, 6) is 1.90. The second-order valence-electron chi connectivity index (χ2n) is 8.13. The highest BCUT2D eigenvalue weighted by molar-refractivity contribution is 5.89. The number of methoxy groups -OCH3 is 1. The zero-order valence-corrected chi connectivity index (χ0v) is 18.7. The van der Waals surface area contributed by atoms with E-state index in [0.717, 1.165) is 24.1 Å². The summed E-state index contributed by atoms with van der Waals surface area (Å²) in [5.41, 5.74) is 8.16. The highest BCUT2D eigenvalue weighted by Crippen LogP contribution is 2.39. The molecule has 1 aliphatic rings. The minimum atomic E-state index is -0.405.